The SMILES string of the molecule is CC1CCN(c2nccc(NCCN(C)C)n2)CC1. The molecule has 0 spiro atoms. The van der Waals surface area contributed by atoms with Crippen molar-refractivity contribution in [1.29, 1.82) is 0 Å². The molecule has 1 aromatic heterocycles. The maximum absolute atomic E-state index is 4.60. The molecular formula is C14H25N5. The van der Waals surface area contributed by atoms with E-state index in [0.717, 1.165) is 43.9 Å². The minimum absolute atomic E-state index is 0.831. The Morgan fingerprint density at radius 2 is 2.11 bits per heavy atom. The van der Waals surface area contributed by atoms with E-state index in [1.54, 1.807) is 0 Å². The van der Waals surface area contributed by atoms with Crippen LogP contribution >= 0.6 is 0 Å². The first-order valence-electron chi connectivity index (χ1n) is 7.12. The van der Waals surface area contributed by atoms with Crippen LogP contribution < -0.4 is 10.2 Å². The second-order valence-electron chi connectivity index (χ2n) is 5.64. The van der Waals surface area contributed by atoms with Crippen LogP contribution in [0.4, 0.5) is 11.8 Å². The number of anilines is 2. The fraction of sp³-hybridized carbons (Fsp3) is 0.714. The summed E-state index contributed by atoms with van der Waals surface area (Å²) in [6.45, 7) is 6.36. The topological polar surface area (TPSA) is 44.3 Å². The van der Waals surface area contributed by atoms with Gasteiger partial charge in [-0.1, -0.05) is 6.92 Å². The molecule has 19 heavy (non-hydrogen) atoms. The molecule has 0 bridgehead atoms. The molecule has 1 saturated heterocycles. The molecule has 1 aliphatic rings. The maximum atomic E-state index is 4.60. The van der Waals surface area contributed by atoms with E-state index in [4.69, 9.17) is 0 Å². The highest BCUT2D eigenvalue weighted by atomic mass is 15.3. The third-order valence-corrected chi connectivity index (χ3v) is 3.57. The highest BCUT2D eigenvalue weighted by Gasteiger charge is 2.17. The van der Waals surface area contributed by atoms with Crippen molar-refractivity contribution in [2.45, 2.75) is 19.8 Å². The predicted octanol–water partition coefficient (Wildman–Crippen LogP) is 1.69. The van der Waals surface area contributed by atoms with Gasteiger partial charge in [-0.05, 0) is 38.9 Å². The number of piperidine rings is 1. The molecule has 1 fully saturated rings. The van der Waals surface area contributed by atoms with Gasteiger partial charge >= 0.3 is 0 Å². The molecule has 0 saturated carbocycles. The van der Waals surface area contributed by atoms with Crippen molar-refractivity contribution in [2.75, 3.05) is 50.5 Å². The molecule has 2 heterocycles. The Morgan fingerprint density at radius 3 is 2.79 bits per heavy atom. The highest BCUT2D eigenvalue weighted by molar-refractivity contribution is 5.41. The molecule has 2 rings (SSSR count). The number of rotatable bonds is 5. The lowest BCUT2D eigenvalue weighted by Gasteiger charge is -2.30. The van der Waals surface area contributed by atoms with Gasteiger partial charge in [-0.15, -0.1) is 0 Å². The fourth-order valence-corrected chi connectivity index (χ4v) is 2.22. The van der Waals surface area contributed by atoms with Crippen LogP contribution in [0.3, 0.4) is 0 Å². The fourth-order valence-electron chi connectivity index (χ4n) is 2.22. The smallest absolute Gasteiger partial charge is 0.227 e. The van der Waals surface area contributed by atoms with Gasteiger partial charge in [0, 0.05) is 32.4 Å². The van der Waals surface area contributed by atoms with Gasteiger partial charge in [0.2, 0.25) is 5.95 Å². The van der Waals surface area contributed by atoms with Crippen molar-refractivity contribution >= 4 is 11.8 Å². The van der Waals surface area contributed by atoms with Crippen molar-refractivity contribution < 1.29 is 0 Å². The first-order chi connectivity index (χ1) is 9.15. The van der Waals surface area contributed by atoms with Crippen LogP contribution in [0, 0.1) is 5.92 Å². The second kappa shape index (κ2) is 6.70. The summed E-state index contributed by atoms with van der Waals surface area (Å²) in [5, 5.41) is 3.34. The molecule has 5 heteroatoms. The van der Waals surface area contributed by atoms with Gasteiger partial charge < -0.3 is 15.1 Å². The van der Waals surface area contributed by atoms with Gasteiger partial charge in [-0.3, -0.25) is 0 Å². The summed E-state index contributed by atoms with van der Waals surface area (Å²) in [6, 6.07) is 1.94. The van der Waals surface area contributed by atoms with Crippen LogP contribution in [0.25, 0.3) is 0 Å². The number of likely N-dealkylation sites (N-methyl/N-ethyl adjacent to an activating group) is 1. The normalized spacial score (nSPS) is 16.9. The summed E-state index contributed by atoms with van der Waals surface area (Å²) in [4.78, 5) is 13.4. The van der Waals surface area contributed by atoms with Crippen molar-refractivity contribution in [1.82, 2.24) is 14.9 Å². The molecule has 0 aliphatic carbocycles. The van der Waals surface area contributed by atoms with E-state index in [1.165, 1.54) is 12.8 Å². The quantitative estimate of drug-likeness (QED) is 0.876. The van der Waals surface area contributed by atoms with Crippen molar-refractivity contribution in [2.24, 2.45) is 5.92 Å². The molecule has 1 N–H and O–H groups in total. The standard InChI is InChI=1S/C14H25N5/c1-12-5-9-19(10-6-12)14-16-7-4-13(17-14)15-8-11-18(2)3/h4,7,12H,5-6,8-11H2,1-3H3,(H,15,16,17). The summed E-state index contributed by atoms with van der Waals surface area (Å²) in [5.41, 5.74) is 0. The maximum Gasteiger partial charge on any atom is 0.227 e. The number of nitrogens with zero attached hydrogens (tertiary/aromatic N) is 4. The van der Waals surface area contributed by atoms with E-state index in [0.29, 0.717) is 0 Å². The lowest BCUT2D eigenvalue weighted by atomic mass is 10.00. The zero-order valence-electron chi connectivity index (χ0n) is 12.3. The summed E-state index contributed by atoms with van der Waals surface area (Å²) in [7, 11) is 4.14. The summed E-state index contributed by atoms with van der Waals surface area (Å²) >= 11 is 0. The molecule has 0 unspecified atom stereocenters. The first-order valence-corrected chi connectivity index (χ1v) is 7.12. The third kappa shape index (κ3) is 4.35. The summed E-state index contributed by atoms with van der Waals surface area (Å²) < 4.78 is 0. The van der Waals surface area contributed by atoms with E-state index in [1.807, 2.05) is 12.3 Å². The molecule has 0 atom stereocenters. The van der Waals surface area contributed by atoms with Crippen LogP contribution in [0.2, 0.25) is 0 Å². The molecule has 1 aliphatic heterocycles. The molecular weight excluding hydrogens is 238 g/mol. The highest BCUT2D eigenvalue weighted by Crippen LogP contribution is 2.20. The van der Waals surface area contributed by atoms with E-state index in [-0.39, 0.29) is 0 Å². The van der Waals surface area contributed by atoms with Crippen molar-refractivity contribution in [3.63, 3.8) is 0 Å². The number of hydrogen-bond acceptors (Lipinski definition) is 5. The van der Waals surface area contributed by atoms with Gasteiger partial charge in [0.05, 0.1) is 0 Å². The van der Waals surface area contributed by atoms with Crippen LogP contribution in [0.5, 0.6) is 0 Å². The Labute approximate surface area is 116 Å². The van der Waals surface area contributed by atoms with Crippen LogP contribution in [-0.4, -0.2) is 55.1 Å². The average molecular weight is 263 g/mol. The Balaban J connectivity index is 1.91. The third-order valence-electron chi connectivity index (χ3n) is 3.57. The van der Waals surface area contributed by atoms with Crippen LogP contribution in [0.15, 0.2) is 12.3 Å². The Kier molecular flexibility index (Phi) is 4.96. The minimum atomic E-state index is 0.831. The zero-order chi connectivity index (χ0) is 13.7. The zero-order valence-corrected chi connectivity index (χ0v) is 12.3. The Hall–Kier alpha value is -1.36. The molecule has 5 nitrogen and oxygen atoms in total. The molecule has 0 aromatic carbocycles. The first kappa shape index (κ1) is 14.1. The molecule has 0 radical (unpaired) electrons. The monoisotopic (exact) mass is 263 g/mol. The Bertz CT molecular complexity index is 385. The minimum Gasteiger partial charge on any atom is -0.369 e. The van der Waals surface area contributed by atoms with Gasteiger partial charge in [0.1, 0.15) is 5.82 Å². The number of aromatic nitrogens is 2. The second-order valence-corrected chi connectivity index (χ2v) is 5.64. The predicted molar refractivity (Wildman–Crippen MR) is 79.7 cm³/mol. The van der Waals surface area contributed by atoms with Crippen molar-refractivity contribution in [3.05, 3.63) is 12.3 Å². The number of nitrogens with one attached hydrogen (secondary N) is 1. The van der Waals surface area contributed by atoms with Gasteiger partial charge in [-0.25, -0.2) is 4.98 Å². The lowest BCUT2D eigenvalue weighted by Crippen LogP contribution is -2.34. The van der Waals surface area contributed by atoms with Crippen LogP contribution in [-0.2, 0) is 0 Å². The lowest BCUT2D eigenvalue weighted by molar-refractivity contribution is 0.425. The van der Waals surface area contributed by atoms with Crippen molar-refractivity contribution in [3.8, 4) is 0 Å². The van der Waals surface area contributed by atoms with E-state index >= 15 is 0 Å². The largest absolute Gasteiger partial charge is 0.369 e. The average Bonchev–Trinajstić information content (AvgIpc) is 2.39. The van der Waals surface area contributed by atoms with E-state index in [9.17, 15) is 0 Å². The molecule has 0 amide bonds. The van der Waals surface area contributed by atoms with Gasteiger partial charge in [0.25, 0.3) is 0 Å². The van der Waals surface area contributed by atoms with E-state index in [2.05, 4.69) is 46.1 Å². The van der Waals surface area contributed by atoms with Gasteiger partial charge in [-0.2, -0.15) is 4.98 Å². The molecule has 1 aromatic rings. The van der Waals surface area contributed by atoms with E-state index < -0.39 is 0 Å². The Morgan fingerprint density at radius 1 is 1.37 bits per heavy atom. The summed E-state index contributed by atoms with van der Waals surface area (Å²) in [5.74, 6) is 2.62. The molecule has 106 valence electrons. The number of hydrogen-bond donors (Lipinski definition) is 1. The summed E-state index contributed by atoms with van der Waals surface area (Å²) in [6.07, 6.45) is 4.32. The van der Waals surface area contributed by atoms with Crippen LogP contribution in [0.1, 0.15) is 19.8 Å². The van der Waals surface area contributed by atoms with Gasteiger partial charge in [0.15, 0.2) is 0 Å².